The van der Waals surface area contributed by atoms with Gasteiger partial charge < -0.3 is 10.3 Å². The summed E-state index contributed by atoms with van der Waals surface area (Å²) in [5.41, 5.74) is 1.49. The van der Waals surface area contributed by atoms with Gasteiger partial charge in [0.15, 0.2) is 5.16 Å². The molecule has 0 saturated carbocycles. The van der Waals surface area contributed by atoms with Gasteiger partial charge in [-0.05, 0) is 17.7 Å². The van der Waals surface area contributed by atoms with Crippen molar-refractivity contribution in [1.82, 2.24) is 9.97 Å². The van der Waals surface area contributed by atoms with Gasteiger partial charge in [0.05, 0.1) is 16.4 Å². The van der Waals surface area contributed by atoms with Gasteiger partial charge in [-0.2, -0.15) is 0 Å². The molecule has 0 radical (unpaired) electrons. The van der Waals surface area contributed by atoms with Crippen LogP contribution in [0.15, 0.2) is 46.0 Å². The fourth-order valence-electron chi connectivity index (χ4n) is 3.84. The summed E-state index contributed by atoms with van der Waals surface area (Å²) < 4.78 is 0. The van der Waals surface area contributed by atoms with E-state index in [4.69, 9.17) is 0 Å². The van der Waals surface area contributed by atoms with E-state index in [0.29, 0.717) is 34.9 Å². The summed E-state index contributed by atoms with van der Waals surface area (Å²) >= 11 is 1.43. The van der Waals surface area contributed by atoms with Gasteiger partial charge in [-0.3, -0.25) is 19.7 Å². The number of allylic oxidation sites excluding steroid dienone is 2. The first-order chi connectivity index (χ1) is 13.5. The number of nitrogens with one attached hydrogen (secondary N) is 2. The molecule has 2 aliphatic rings. The number of thioether (sulfide) groups is 1. The molecule has 0 fully saturated rings. The first kappa shape index (κ1) is 18.4. The van der Waals surface area contributed by atoms with E-state index in [1.54, 1.807) is 12.1 Å². The zero-order chi connectivity index (χ0) is 19.8. The van der Waals surface area contributed by atoms with Gasteiger partial charge in [-0.1, -0.05) is 36.9 Å². The number of Topliss-reactive ketones (excluding diaryl/α,β-unsaturated/α-hetero) is 1. The predicted octanol–water partition coefficient (Wildman–Crippen LogP) is 3.21. The second kappa shape index (κ2) is 7.23. The van der Waals surface area contributed by atoms with E-state index in [1.807, 2.05) is 13.0 Å². The predicted molar refractivity (Wildman–Crippen MR) is 106 cm³/mol. The molecule has 1 aromatic carbocycles. The average molecular weight is 398 g/mol. The van der Waals surface area contributed by atoms with Gasteiger partial charge in [0.1, 0.15) is 11.6 Å². The minimum Gasteiger partial charge on any atom is -0.343 e. The number of hydrogen-bond acceptors (Lipinski definition) is 7. The smallest absolute Gasteiger partial charge is 0.269 e. The highest BCUT2D eigenvalue weighted by molar-refractivity contribution is 7.99. The number of nitrogens with zero attached hydrogens (tertiary/aromatic N) is 2. The number of H-pyrrole nitrogens is 1. The van der Waals surface area contributed by atoms with Crippen LogP contribution < -0.4 is 10.9 Å². The molecule has 1 aliphatic carbocycles. The van der Waals surface area contributed by atoms with Gasteiger partial charge in [0.2, 0.25) is 0 Å². The molecular weight excluding hydrogens is 380 g/mol. The minimum absolute atomic E-state index is 0.0367. The lowest BCUT2D eigenvalue weighted by Crippen LogP contribution is -2.38. The van der Waals surface area contributed by atoms with Crippen molar-refractivity contribution in [1.29, 1.82) is 0 Å². The molecule has 1 aromatic heterocycles. The highest BCUT2D eigenvalue weighted by Gasteiger charge is 2.42. The number of ketones is 1. The van der Waals surface area contributed by atoms with E-state index >= 15 is 0 Å². The Kier molecular flexibility index (Phi) is 4.76. The maximum Gasteiger partial charge on any atom is 0.269 e. The molecule has 8 nitrogen and oxygen atoms in total. The molecule has 0 bridgehead atoms. The summed E-state index contributed by atoms with van der Waals surface area (Å²) in [6.45, 7) is 1.97. The Hall–Kier alpha value is -2.94. The summed E-state index contributed by atoms with van der Waals surface area (Å²) in [6.07, 6.45) is 3.02. The molecule has 2 aromatic rings. The number of aromatic amines is 1. The van der Waals surface area contributed by atoms with Crippen molar-refractivity contribution in [2.75, 3.05) is 11.1 Å². The van der Waals surface area contributed by atoms with Crippen LogP contribution in [0.4, 0.5) is 11.5 Å². The van der Waals surface area contributed by atoms with Gasteiger partial charge in [-0.25, -0.2) is 4.98 Å². The van der Waals surface area contributed by atoms with E-state index in [9.17, 15) is 19.7 Å². The van der Waals surface area contributed by atoms with Crippen molar-refractivity contribution in [2.24, 2.45) is 5.92 Å². The summed E-state index contributed by atoms with van der Waals surface area (Å²) in [5, 5.41) is 14.7. The van der Waals surface area contributed by atoms with Crippen LogP contribution in [-0.2, 0) is 4.79 Å². The highest BCUT2D eigenvalue weighted by Crippen LogP contribution is 2.45. The van der Waals surface area contributed by atoms with E-state index in [0.717, 1.165) is 11.4 Å². The number of anilines is 1. The zero-order valence-corrected chi connectivity index (χ0v) is 15.9. The summed E-state index contributed by atoms with van der Waals surface area (Å²) in [4.78, 5) is 43.5. The number of aromatic nitrogens is 2. The number of rotatable bonds is 4. The Morgan fingerprint density at radius 1 is 1.25 bits per heavy atom. The largest absolute Gasteiger partial charge is 0.343 e. The van der Waals surface area contributed by atoms with Gasteiger partial charge in [0.25, 0.3) is 11.2 Å². The van der Waals surface area contributed by atoms with Crippen molar-refractivity contribution in [3.05, 3.63) is 67.6 Å². The Morgan fingerprint density at radius 2 is 2.00 bits per heavy atom. The Bertz CT molecular complexity index is 1040. The molecule has 2 atom stereocenters. The van der Waals surface area contributed by atoms with E-state index in [-0.39, 0.29) is 17.0 Å². The summed E-state index contributed by atoms with van der Waals surface area (Å²) in [7, 11) is 0. The molecule has 0 amide bonds. The van der Waals surface area contributed by atoms with Crippen LogP contribution in [0.2, 0.25) is 0 Å². The molecule has 9 heteroatoms. The Balaban J connectivity index is 1.90. The SMILES string of the molecule is CCSc1nc2c(c(=O)[nH]1)[C@@H](c1ccc([N+](=O)[O-])cc1)[C@@H]1C(=O)CCC=C1N2. The second-order valence-electron chi connectivity index (χ2n) is 6.66. The number of carbonyl (C=O) groups is 1. The van der Waals surface area contributed by atoms with Crippen LogP contribution >= 0.6 is 11.8 Å². The molecule has 2 N–H and O–H groups in total. The first-order valence-corrected chi connectivity index (χ1v) is 9.99. The lowest BCUT2D eigenvalue weighted by Gasteiger charge is -2.36. The molecule has 0 spiro atoms. The quantitative estimate of drug-likeness (QED) is 0.351. The number of carbonyl (C=O) groups excluding carboxylic acids is 1. The molecule has 4 rings (SSSR count). The van der Waals surface area contributed by atoms with Crippen molar-refractivity contribution in [2.45, 2.75) is 30.8 Å². The normalized spacial score (nSPS) is 20.6. The molecular formula is C19H18N4O4S. The van der Waals surface area contributed by atoms with E-state index < -0.39 is 16.8 Å². The van der Waals surface area contributed by atoms with E-state index in [2.05, 4.69) is 15.3 Å². The van der Waals surface area contributed by atoms with Crippen molar-refractivity contribution < 1.29 is 9.72 Å². The van der Waals surface area contributed by atoms with Crippen LogP contribution in [0.1, 0.15) is 36.8 Å². The van der Waals surface area contributed by atoms with Gasteiger partial charge in [-0.15, -0.1) is 0 Å². The van der Waals surface area contributed by atoms with Crippen molar-refractivity contribution in [3.63, 3.8) is 0 Å². The maximum atomic E-state index is 12.9. The van der Waals surface area contributed by atoms with Crippen LogP contribution in [-0.4, -0.2) is 26.4 Å². The molecule has 2 heterocycles. The second-order valence-corrected chi connectivity index (χ2v) is 7.91. The lowest BCUT2D eigenvalue weighted by molar-refractivity contribution is -0.384. The number of non-ortho nitro benzene ring substituents is 1. The molecule has 0 unspecified atom stereocenters. The average Bonchev–Trinajstić information content (AvgIpc) is 2.67. The summed E-state index contributed by atoms with van der Waals surface area (Å²) in [5.74, 6) is 0.200. The lowest BCUT2D eigenvalue weighted by atomic mass is 9.72. The number of hydrogen-bond donors (Lipinski definition) is 2. The third-order valence-electron chi connectivity index (χ3n) is 5.02. The fourth-order valence-corrected chi connectivity index (χ4v) is 4.43. The highest BCUT2D eigenvalue weighted by atomic mass is 32.2. The topological polar surface area (TPSA) is 118 Å². The van der Waals surface area contributed by atoms with Crippen LogP contribution in [0.3, 0.4) is 0 Å². The molecule has 144 valence electrons. The monoisotopic (exact) mass is 398 g/mol. The Morgan fingerprint density at radius 3 is 2.68 bits per heavy atom. The third-order valence-corrected chi connectivity index (χ3v) is 5.78. The summed E-state index contributed by atoms with van der Waals surface area (Å²) in [6, 6.07) is 6.03. The van der Waals surface area contributed by atoms with Gasteiger partial charge in [0, 0.05) is 30.2 Å². The standard InChI is InChI=1S/C19H18N4O4S/c1-2-28-19-21-17-16(18(25)22-19)14(10-6-8-11(9-7-10)23(26)27)15-12(20-17)4-3-5-13(15)24/h4,6-9,14-15H,2-3,5H2,1H3,(H2,20,21,22,25)/t14-,15-/m0/s1. The van der Waals surface area contributed by atoms with Crippen LogP contribution in [0.5, 0.6) is 0 Å². The molecule has 1 aliphatic heterocycles. The first-order valence-electron chi connectivity index (χ1n) is 9.00. The number of benzene rings is 1. The Labute approximate surface area is 164 Å². The number of nitro groups is 1. The van der Waals surface area contributed by atoms with Crippen molar-refractivity contribution in [3.8, 4) is 0 Å². The van der Waals surface area contributed by atoms with Gasteiger partial charge >= 0.3 is 0 Å². The fraction of sp³-hybridized carbons (Fsp3) is 0.316. The number of fused-ring (bicyclic) bond motifs is 2. The van der Waals surface area contributed by atoms with Crippen molar-refractivity contribution >= 4 is 29.1 Å². The maximum absolute atomic E-state index is 12.9. The van der Waals surface area contributed by atoms with E-state index in [1.165, 1.54) is 23.9 Å². The molecule has 0 saturated heterocycles. The molecule has 28 heavy (non-hydrogen) atoms. The minimum atomic E-state index is -0.534. The van der Waals surface area contributed by atoms with Crippen LogP contribution in [0.25, 0.3) is 0 Å². The van der Waals surface area contributed by atoms with Crippen LogP contribution in [0, 0.1) is 16.0 Å². The zero-order valence-electron chi connectivity index (χ0n) is 15.1. The third kappa shape index (κ3) is 3.11. The number of nitro benzene ring substituents is 1.